The van der Waals surface area contributed by atoms with Crippen molar-refractivity contribution < 1.29 is 51.8 Å². The fourth-order valence-corrected chi connectivity index (χ4v) is 13.3. The quantitative estimate of drug-likeness (QED) is 0.0423. The van der Waals surface area contributed by atoms with E-state index in [1.54, 1.807) is 15.4 Å². The third-order valence-electron chi connectivity index (χ3n) is 16.1. The molecule has 0 amide bonds. The SMILES string of the molecule is Cc1cc(CS(=O)(=O)NCCOCCOCCOCCn2nncc2COC2C(CC(N)CCC(N)C(=O)O)OC(n3cnc4c(N)ncnc43)C2O)ccc1C1=c2cc(C)c3c(c2Oc2c1cc1c4c2CCCN4CCC1)CCCN=3. The van der Waals surface area contributed by atoms with E-state index >= 15 is 0 Å². The average molecular weight is 1150 g/mol. The summed E-state index contributed by atoms with van der Waals surface area (Å²) in [4.78, 5) is 31.4. The lowest BCUT2D eigenvalue weighted by Crippen LogP contribution is -2.39. The van der Waals surface area contributed by atoms with Crippen molar-refractivity contribution >= 4 is 44.2 Å². The molecule has 9 N–H and O–H groups in total. The molecule has 25 heteroatoms. The monoisotopic (exact) mass is 1150 g/mol. The van der Waals surface area contributed by atoms with Crippen molar-refractivity contribution in [2.75, 3.05) is 76.5 Å². The minimum Gasteiger partial charge on any atom is -0.480 e. The summed E-state index contributed by atoms with van der Waals surface area (Å²) in [5.74, 6) is 0.778. The highest BCUT2D eigenvalue weighted by Crippen LogP contribution is 2.49. The number of aryl methyl sites for hydroxylation is 3. The number of nitrogens with one attached hydrogen (secondary N) is 1. The number of benzene rings is 3. The second-order valence-electron chi connectivity index (χ2n) is 21.8. The molecule has 6 unspecified atom stereocenters. The van der Waals surface area contributed by atoms with Crippen LogP contribution in [0.15, 0.2) is 54.2 Å². The summed E-state index contributed by atoms with van der Waals surface area (Å²) in [6, 6.07) is 9.06. The van der Waals surface area contributed by atoms with E-state index < -0.39 is 52.6 Å². The number of hydrogen-bond donors (Lipinski definition) is 6. The van der Waals surface area contributed by atoms with Crippen molar-refractivity contribution in [3.05, 3.63) is 110 Å². The molecule has 0 aliphatic carbocycles. The number of imidazole rings is 1. The van der Waals surface area contributed by atoms with Crippen molar-refractivity contribution in [2.45, 2.75) is 127 Å². The third-order valence-corrected chi connectivity index (χ3v) is 17.4. The predicted molar refractivity (Wildman–Crippen MR) is 302 cm³/mol. The Bertz CT molecular complexity index is 3560. The Morgan fingerprint density at radius 2 is 1.68 bits per heavy atom. The van der Waals surface area contributed by atoms with Crippen LogP contribution in [0, 0.1) is 13.8 Å². The number of carbonyl (C=O) groups is 1. The minimum absolute atomic E-state index is 0.0145. The number of ether oxygens (including phenoxy) is 6. The molecule has 1 fully saturated rings. The largest absolute Gasteiger partial charge is 0.480 e. The van der Waals surface area contributed by atoms with Crippen molar-refractivity contribution in [3.8, 4) is 11.5 Å². The summed E-state index contributed by atoms with van der Waals surface area (Å²) in [7, 11) is -3.67. The number of aliphatic hydroxyl groups excluding tert-OH is 1. The number of carboxylic acids is 1. The number of aliphatic hydroxyl groups is 1. The van der Waals surface area contributed by atoms with Gasteiger partial charge in [0.2, 0.25) is 10.0 Å². The van der Waals surface area contributed by atoms with E-state index in [-0.39, 0.29) is 50.8 Å². The van der Waals surface area contributed by atoms with E-state index in [0.29, 0.717) is 61.8 Å². The van der Waals surface area contributed by atoms with E-state index in [2.05, 4.69) is 66.9 Å². The molecule has 0 saturated carbocycles. The summed E-state index contributed by atoms with van der Waals surface area (Å²) in [5, 5.41) is 31.2. The Morgan fingerprint density at radius 3 is 2.49 bits per heavy atom. The number of aromatic nitrogens is 7. The first-order valence-corrected chi connectivity index (χ1v) is 30.0. The van der Waals surface area contributed by atoms with Gasteiger partial charge in [0.15, 0.2) is 17.7 Å². The Hall–Kier alpha value is -6.52. The molecule has 438 valence electrons. The van der Waals surface area contributed by atoms with Crippen LogP contribution in [0.1, 0.15) is 95.0 Å². The molecule has 0 spiro atoms. The van der Waals surface area contributed by atoms with E-state index in [9.17, 15) is 23.4 Å². The number of nitrogens with zero attached hydrogens (tertiary/aromatic N) is 9. The highest BCUT2D eigenvalue weighted by molar-refractivity contribution is 7.88. The number of rotatable bonds is 26. The fourth-order valence-electron chi connectivity index (χ4n) is 12.2. The number of hydrogen-bond acceptors (Lipinski definition) is 20. The maximum atomic E-state index is 13.4. The molecule has 8 heterocycles. The summed E-state index contributed by atoms with van der Waals surface area (Å²) in [6.07, 6.45) is 7.44. The van der Waals surface area contributed by atoms with E-state index in [1.807, 2.05) is 12.1 Å². The van der Waals surface area contributed by atoms with Gasteiger partial charge in [-0.3, -0.25) is 14.4 Å². The summed E-state index contributed by atoms with van der Waals surface area (Å²) >= 11 is 0. The Kier molecular flexibility index (Phi) is 17.6. The van der Waals surface area contributed by atoms with Crippen LogP contribution in [0.5, 0.6) is 11.5 Å². The van der Waals surface area contributed by atoms with Crippen LogP contribution in [0.25, 0.3) is 16.7 Å². The van der Waals surface area contributed by atoms with Gasteiger partial charge in [-0.1, -0.05) is 23.4 Å². The van der Waals surface area contributed by atoms with Gasteiger partial charge in [-0.25, -0.2) is 32.8 Å². The first-order valence-electron chi connectivity index (χ1n) is 28.4. The lowest BCUT2D eigenvalue weighted by Gasteiger charge is -2.39. The van der Waals surface area contributed by atoms with E-state index in [1.165, 1.54) is 35.0 Å². The predicted octanol–water partition coefficient (Wildman–Crippen LogP) is 2.16. The molecule has 0 bridgehead atoms. The molecule has 6 aromatic rings. The van der Waals surface area contributed by atoms with Crippen LogP contribution in [-0.2, 0) is 76.7 Å². The van der Waals surface area contributed by atoms with E-state index in [4.69, 9.17) is 50.6 Å². The van der Waals surface area contributed by atoms with Crippen molar-refractivity contribution in [1.29, 1.82) is 0 Å². The lowest BCUT2D eigenvalue weighted by atomic mass is 9.82. The molecule has 3 aromatic heterocycles. The number of anilines is 2. The highest BCUT2D eigenvalue weighted by atomic mass is 32.2. The molecule has 24 nitrogen and oxygen atoms in total. The van der Waals surface area contributed by atoms with Gasteiger partial charge < -0.3 is 60.7 Å². The van der Waals surface area contributed by atoms with Crippen LogP contribution in [0.4, 0.5) is 11.5 Å². The topological polar surface area (TPSA) is 327 Å². The van der Waals surface area contributed by atoms with E-state index in [0.717, 1.165) is 108 Å². The highest BCUT2D eigenvalue weighted by Gasteiger charge is 2.47. The normalized spacial score (nSPS) is 20.0. The second-order valence-corrected chi connectivity index (χ2v) is 23.6. The Labute approximate surface area is 475 Å². The van der Waals surface area contributed by atoms with Crippen LogP contribution < -0.4 is 42.1 Å². The van der Waals surface area contributed by atoms with Crippen LogP contribution >= 0.6 is 0 Å². The van der Waals surface area contributed by atoms with Crippen molar-refractivity contribution in [2.24, 2.45) is 16.5 Å². The first kappa shape index (κ1) is 57.3. The molecule has 6 atom stereocenters. The number of aliphatic carboxylic acids is 1. The summed E-state index contributed by atoms with van der Waals surface area (Å²) in [5.41, 5.74) is 30.9. The molecule has 0 radical (unpaired) electrons. The van der Waals surface area contributed by atoms with Gasteiger partial charge in [-0.2, -0.15) is 0 Å². The minimum atomic E-state index is -3.67. The smallest absolute Gasteiger partial charge is 0.320 e. The molecular weight excluding hydrogens is 1070 g/mol. The molecular formula is C57H73N13O11S. The maximum absolute atomic E-state index is 13.4. The van der Waals surface area contributed by atoms with Gasteiger partial charge in [0.25, 0.3) is 0 Å². The van der Waals surface area contributed by atoms with Gasteiger partial charge in [-0.05, 0) is 112 Å². The fraction of sp³-hybridized carbons (Fsp3) is 0.526. The van der Waals surface area contributed by atoms with Gasteiger partial charge in [0.05, 0.1) is 88.2 Å². The molecule has 1 saturated heterocycles. The second kappa shape index (κ2) is 25.1. The summed E-state index contributed by atoms with van der Waals surface area (Å²) in [6.45, 7) is 9.33. The Balaban J connectivity index is 0.620. The van der Waals surface area contributed by atoms with Gasteiger partial charge in [-0.15, -0.1) is 5.10 Å². The number of nitrogen functional groups attached to an aromatic ring is 1. The van der Waals surface area contributed by atoms with Gasteiger partial charge in [0, 0.05) is 65.4 Å². The zero-order valence-corrected chi connectivity index (χ0v) is 47.2. The van der Waals surface area contributed by atoms with Crippen molar-refractivity contribution in [1.82, 2.24) is 39.2 Å². The molecule has 3 aromatic carbocycles. The molecule has 5 aliphatic rings. The lowest BCUT2D eigenvalue weighted by molar-refractivity contribution is -0.138. The number of sulfonamides is 1. The van der Waals surface area contributed by atoms with Crippen LogP contribution in [-0.4, -0.2) is 155 Å². The number of fused-ring (bicyclic) bond motifs is 6. The molecule has 5 aliphatic heterocycles. The van der Waals surface area contributed by atoms with Gasteiger partial charge in [0.1, 0.15) is 41.6 Å². The average Bonchev–Trinajstić information content (AvgIpc) is 1.97. The van der Waals surface area contributed by atoms with Crippen LogP contribution in [0.2, 0.25) is 0 Å². The zero-order valence-electron chi connectivity index (χ0n) is 46.4. The zero-order chi connectivity index (χ0) is 57.1. The summed E-state index contributed by atoms with van der Waals surface area (Å²) < 4.78 is 69.6. The Morgan fingerprint density at radius 1 is 0.902 bits per heavy atom. The van der Waals surface area contributed by atoms with Gasteiger partial charge >= 0.3 is 5.97 Å². The van der Waals surface area contributed by atoms with Crippen LogP contribution in [0.3, 0.4) is 0 Å². The van der Waals surface area contributed by atoms with Crippen molar-refractivity contribution in [3.63, 3.8) is 0 Å². The maximum Gasteiger partial charge on any atom is 0.320 e. The molecule has 11 rings (SSSR count). The first-order chi connectivity index (χ1) is 39.7. The third kappa shape index (κ3) is 12.3. The number of carboxylic acid groups (broad SMARTS) is 1. The molecule has 82 heavy (non-hydrogen) atoms. The standard InChI is InChI=1S/C57H73N13O11S/c1-33-24-35(9-11-39(33)46-42-25-34(2)47-40(7-3-13-61-47)51(42)81-52-41-8-5-16-68-15-4-6-36(49(41)68)26-43(46)52)30-82(74,75)66-14-18-76-20-22-78-23-21-77-19-17-70-38(28-65-67-70)29-79-53-45(27-37(58)10-12-44(59)57(72)73)80-56(50(53)71)69-32-64-48-54(60)62-31-63-55(48)69/h9,11,24-26,28,31-32,37,44-45,50,53,56,66,71H,3-8,10,12-23,27,29-30,58-59H2,1-2H3,(H,72,73)(H2,60,62,63). The number of nitrogens with two attached hydrogens (primary N) is 3.